The maximum Gasteiger partial charge on any atom is 0.416 e. The van der Waals surface area contributed by atoms with Gasteiger partial charge in [0.25, 0.3) is 5.91 Å². The Morgan fingerprint density at radius 1 is 0.953 bits per heavy atom. The SMILES string of the molecule is CSc1ccc(S(=O)(=O)C[C@H]2C[C@@H](NCc3ccccc3)CC[C@@H]2NC(=O)CNC(=O)c2cccc(C(F)(F)F)c2)cc1. The smallest absolute Gasteiger partial charge is 0.352 e. The van der Waals surface area contributed by atoms with Crippen LogP contribution in [0.5, 0.6) is 0 Å². The highest BCUT2D eigenvalue weighted by molar-refractivity contribution is 7.98. The first kappa shape index (κ1) is 32.6. The second kappa shape index (κ2) is 14.4. The van der Waals surface area contributed by atoms with Crippen molar-refractivity contribution in [2.75, 3.05) is 18.6 Å². The van der Waals surface area contributed by atoms with E-state index in [0.717, 1.165) is 28.7 Å². The monoisotopic (exact) mass is 633 g/mol. The fourth-order valence-corrected chi connectivity index (χ4v) is 7.28. The second-order valence-electron chi connectivity index (χ2n) is 10.5. The zero-order valence-corrected chi connectivity index (χ0v) is 25.2. The summed E-state index contributed by atoms with van der Waals surface area (Å²) in [5.74, 6) is -1.94. The van der Waals surface area contributed by atoms with Gasteiger partial charge in [-0.1, -0.05) is 36.4 Å². The van der Waals surface area contributed by atoms with Crippen LogP contribution in [0.15, 0.2) is 88.7 Å². The van der Waals surface area contributed by atoms with Crippen LogP contribution in [0.1, 0.15) is 40.7 Å². The van der Waals surface area contributed by atoms with E-state index in [1.165, 1.54) is 17.8 Å². The summed E-state index contributed by atoms with van der Waals surface area (Å²) < 4.78 is 65.9. The molecule has 0 radical (unpaired) electrons. The van der Waals surface area contributed by atoms with Crippen molar-refractivity contribution in [2.24, 2.45) is 5.92 Å². The van der Waals surface area contributed by atoms with Gasteiger partial charge in [0.15, 0.2) is 9.84 Å². The molecular weight excluding hydrogens is 599 g/mol. The van der Waals surface area contributed by atoms with Crippen LogP contribution >= 0.6 is 11.8 Å². The van der Waals surface area contributed by atoms with Crippen LogP contribution < -0.4 is 16.0 Å². The number of carbonyl (C=O) groups is 2. The summed E-state index contributed by atoms with van der Waals surface area (Å²) >= 11 is 1.51. The van der Waals surface area contributed by atoms with Crippen molar-refractivity contribution in [3.8, 4) is 0 Å². The summed E-state index contributed by atoms with van der Waals surface area (Å²) in [6.07, 6.45) is -0.965. The van der Waals surface area contributed by atoms with Gasteiger partial charge in [0.05, 0.1) is 22.8 Å². The Hall–Kier alpha value is -3.35. The Balaban J connectivity index is 1.42. The highest BCUT2D eigenvalue weighted by atomic mass is 32.2. The minimum Gasteiger partial charge on any atom is -0.352 e. The minimum atomic E-state index is -4.60. The standard InChI is InChI=1S/C31H34F3N3O4S2/c1-42-26-11-13-27(14-12-26)43(40,41)20-23-17-25(35-18-21-6-3-2-4-7-21)10-15-28(23)37-29(38)19-36-30(39)22-8-5-9-24(16-22)31(32,33)34/h2-9,11-14,16,23,25,28,35H,10,15,17-20H2,1H3,(H,36,39)(H,37,38)/t23-,25+,28+/m1/s1. The molecule has 0 bridgehead atoms. The van der Waals surface area contributed by atoms with E-state index in [1.807, 2.05) is 36.6 Å². The van der Waals surface area contributed by atoms with Gasteiger partial charge in [-0.3, -0.25) is 9.59 Å². The van der Waals surface area contributed by atoms with E-state index < -0.39 is 51.9 Å². The van der Waals surface area contributed by atoms with E-state index >= 15 is 0 Å². The number of sulfone groups is 1. The Morgan fingerprint density at radius 3 is 2.35 bits per heavy atom. The molecule has 1 fully saturated rings. The third-order valence-corrected chi connectivity index (χ3v) is 10.1. The van der Waals surface area contributed by atoms with Gasteiger partial charge in [0.1, 0.15) is 0 Å². The molecule has 3 atom stereocenters. The number of hydrogen-bond donors (Lipinski definition) is 3. The van der Waals surface area contributed by atoms with Crippen molar-refractivity contribution in [1.82, 2.24) is 16.0 Å². The Labute approximate surface area is 254 Å². The summed E-state index contributed by atoms with van der Waals surface area (Å²) in [6.45, 7) is 0.163. The summed E-state index contributed by atoms with van der Waals surface area (Å²) in [5.41, 5.74) is -0.0778. The van der Waals surface area contributed by atoms with E-state index in [0.29, 0.717) is 25.8 Å². The number of amides is 2. The fourth-order valence-electron chi connectivity index (χ4n) is 5.20. The largest absolute Gasteiger partial charge is 0.416 e. The zero-order valence-electron chi connectivity index (χ0n) is 23.6. The van der Waals surface area contributed by atoms with Crippen LogP contribution in [0.4, 0.5) is 13.2 Å². The second-order valence-corrected chi connectivity index (χ2v) is 13.4. The van der Waals surface area contributed by atoms with Gasteiger partial charge in [-0.05, 0) is 79.5 Å². The molecule has 0 heterocycles. The first-order valence-corrected chi connectivity index (χ1v) is 16.7. The van der Waals surface area contributed by atoms with Crippen LogP contribution in [-0.2, 0) is 27.4 Å². The van der Waals surface area contributed by atoms with Gasteiger partial charge in [-0.25, -0.2) is 8.42 Å². The van der Waals surface area contributed by atoms with Crippen LogP contribution in [0.3, 0.4) is 0 Å². The Morgan fingerprint density at radius 2 is 1.67 bits per heavy atom. The van der Waals surface area contributed by atoms with E-state index in [4.69, 9.17) is 0 Å². The molecule has 0 aromatic heterocycles. The normalized spacial score (nSPS) is 19.0. The van der Waals surface area contributed by atoms with Crippen LogP contribution in [0.25, 0.3) is 0 Å². The van der Waals surface area contributed by atoms with E-state index in [9.17, 15) is 31.2 Å². The number of nitrogens with one attached hydrogen (secondary N) is 3. The molecule has 4 rings (SSSR count). The molecule has 12 heteroatoms. The number of rotatable bonds is 11. The van der Waals surface area contributed by atoms with Crippen molar-refractivity contribution >= 4 is 33.4 Å². The number of thioether (sulfide) groups is 1. The summed E-state index contributed by atoms with van der Waals surface area (Å²) in [7, 11) is -3.67. The maximum absolute atomic E-state index is 13.4. The average Bonchev–Trinajstić information content (AvgIpc) is 3.00. The maximum atomic E-state index is 13.4. The van der Waals surface area contributed by atoms with Gasteiger partial charge in [0, 0.05) is 29.1 Å². The molecule has 3 N–H and O–H groups in total. The van der Waals surface area contributed by atoms with Crippen molar-refractivity contribution < 1.29 is 31.2 Å². The van der Waals surface area contributed by atoms with Crippen molar-refractivity contribution in [2.45, 2.75) is 53.9 Å². The molecule has 43 heavy (non-hydrogen) atoms. The number of benzene rings is 3. The summed E-state index contributed by atoms with van der Waals surface area (Å²) in [4.78, 5) is 26.5. The third kappa shape index (κ3) is 9.32. The van der Waals surface area contributed by atoms with Crippen LogP contribution in [0, 0.1) is 5.92 Å². The first-order valence-electron chi connectivity index (χ1n) is 13.8. The molecule has 7 nitrogen and oxygen atoms in total. The van der Waals surface area contributed by atoms with Gasteiger partial charge in [-0.15, -0.1) is 11.8 Å². The van der Waals surface area contributed by atoms with Crippen molar-refractivity contribution in [3.05, 3.63) is 95.6 Å². The molecule has 3 aromatic carbocycles. The van der Waals surface area contributed by atoms with Crippen molar-refractivity contribution in [3.63, 3.8) is 0 Å². The molecule has 2 amide bonds. The summed E-state index contributed by atoms with van der Waals surface area (Å²) in [6, 6.07) is 20.1. The molecule has 230 valence electrons. The van der Waals surface area contributed by atoms with Crippen LogP contribution in [0.2, 0.25) is 0 Å². The lowest BCUT2D eigenvalue weighted by Crippen LogP contribution is -2.51. The van der Waals surface area contributed by atoms with E-state index in [2.05, 4.69) is 16.0 Å². The summed E-state index contributed by atoms with van der Waals surface area (Å²) in [5, 5.41) is 8.74. The predicted octanol–water partition coefficient (Wildman–Crippen LogP) is 5.07. The fraction of sp³-hybridized carbons (Fsp3) is 0.355. The van der Waals surface area contributed by atoms with Crippen molar-refractivity contribution in [1.29, 1.82) is 0 Å². The number of carbonyl (C=O) groups excluding carboxylic acids is 2. The predicted molar refractivity (Wildman–Crippen MR) is 160 cm³/mol. The molecule has 0 spiro atoms. The molecule has 0 saturated heterocycles. The van der Waals surface area contributed by atoms with E-state index in [-0.39, 0.29) is 22.3 Å². The molecule has 3 aromatic rings. The first-order chi connectivity index (χ1) is 20.4. The molecular formula is C31H34F3N3O4S2. The lowest BCUT2D eigenvalue weighted by molar-refractivity contribution is -0.137. The number of alkyl halides is 3. The van der Waals surface area contributed by atoms with Crippen LogP contribution in [-0.4, -0.2) is 50.9 Å². The number of halogens is 3. The Kier molecular flexibility index (Phi) is 10.9. The average molecular weight is 634 g/mol. The Bertz CT molecular complexity index is 1500. The molecule has 1 aliphatic rings. The molecule has 1 aliphatic carbocycles. The third-order valence-electron chi connectivity index (χ3n) is 7.48. The van der Waals surface area contributed by atoms with Gasteiger partial charge >= 0.3 is 6.18 Å². The minimum absolute atomic E-state index is 0.0352. The zero-order chi connectivity index (χ0) is 31.0. The quantitative estimate of drug-likeness (QED) is 0.255. The number of hydrogen-bond acceptors (Lipinski definition) is 6. The molecule has 1 saturated carbocycles. The van der Waals surface area contributed by atoms with Gasteiger partial charge in [-0.2, -0.15) is 13.2 Å². The molecule has 0 aliphatic heterocycles. The van der Waals surface area contributed by atoms with Gasteiger partial charge < -0.3 is 16.0 Å². The lowest BCUT2D eigenvalue weighted by Gasteiger charge is -2.37. The van der Waals surface area contributed by atoms with E-state index in [1.54, 1.807) is 24.3 Å². The van der Waals surface area contributed by atoms with Gasteiger partial charge in [0.2, 0.25) is 5.91 Å². The highest BCUT2D eigenvalue weighted by Gasteiger charge is 2.35. The lowest BCUT2D eigenvalue weighted by atomic mass is 9.82. The topological polar surface area (TPSA) is 104 Å². The highest BCUT2D eigenvalue weighted by Crippen LogP contribution is 2.30. The molecule has 0 unspecified atom stereocenters.